The summed E-state index contributed by atoms with van der Waals surface area (Å²) in [5.74, 6) is 0. The average molecular weight is 265 g/mol. The smallest absolute Gasteiger partial charge is 0.0835 e. The quantitative estimate of drug-likeness (QED) is 0.901. The number of halogens is 1. The molecule has 0 aliphatic rings. The zero-order valence-electron chi connectivity index (χ0n) is 11.0. The maximum Gasteiger partial charge on any atom is 0.0835 e. The fourth-order valence-electron chi connectivity index (χ4n) is 1.91. The van der Waals surface area contributed by atoms with Crippen LogP contribution in [0.3, 0.4) is 0 Å². The largest absolute Gasteiger partial charge is 0.389 e. The first kappa shape index (κ1) is 13.1. The maximum absolute atomic E-state index is 9.53. The van der Waals surface area contributed by atoms with Crippen LogP contribution in [0.2, 0.25) is 5.02 Å². The van der Waals surface area contributed by atoms with E-state index in [9.17, 15) is 5.11 Å². The summed E-state index contributed by atoms with van der Waals surface area (Å²) in [4.78, 5) is 0. The molecule has 4 heteroatoms. The molecule has 1 unspecified atom stereocenters. The standard InChI is InChI=1S/C14H17ClN2O/c1-8-9(2)16-17(10(8)3)14-6-5-12(11(4)18)7-13(14)15/h5-7,11,18H,1-4H3. The molecule has 0 saturated heterocycles. The molecule has 1 aromatic carbocycles. The maximum atomic E-state index is 9.53. The molecular formula is C14H17ClN2O. The number of benzene rings is 1. The van der Waals surface area contributed by atoms with Gasteiger partial charge >= 0.3 is 0 Å². The first-order valence-electron chi connectivity index (χ1n) is 5.92. The first-order valence-corrected chi connectivity index (χ1v) is 6.30. The molecule has 1 N–H and O–H groups in total. The Balaban J connectivity index is 2.54. The van der Waals surface area contributed by atoms with E-state index >= 15 is 0 Å². The van der Waals surface area contributed by atoms with Gasteiger partial charge in [0.15, 0.2) is 0 Å². The van der Waals surface area contributed by atoms with Crippen molar-refractivity contribution in [3.05, 3.63) is 45.7 Å². The van der Waals surface area contributed by atoms with E-state index in [0.29, 0.717) is 5.02 Å². The molecule has 96 valence electrons. The Kier molecular flexibility index (Phi) is 3.46. The van der Waals surface area contributed by atoms with Crippen LogP contribution in [0.15, 0.2) is 18.2 Å². The minimum Gasteiger partial charge on any atom is -0.389 e. The van der Waals surface area contributed by atoms with Crippen molar-refractivity contribution in [2.45, 2.75) is 33.8 Å². The number of aliphatic hydroxyl groups excluding tert-OH is 1. The molecule has 1 heterocycles. The van der Waals surface area contributed by atoms with E-state index < -0.39 is 6.10 Å². The van der Waals surface area contributed by atoms with E-state index in [1.807, 2.05) is 37.6 Å². The summed E-state index contributed by atoms with van der Waals surface area (Å²) in [6.07, 6.45) is -0.515. The second-order valence-electron chi connectivity index (χ2n) is 4.59. The van der Waals surface area contributed by atoms with Crippen LogP contribution in [0.25, 0.3) is 5.69 Å². The van der Waals surface area contributed by atoms with Crippen molar-refractivity contribution in [1.29, 1.82) is 0 Å². The summed E-state index contributed by atoms with van der Waals surface area (Å²) < 4.78 is 1.85. The Morgan fingerprint density at radius 3 is 2.39 bits per heavy atom. The molecule has 0 spiro atoms. The molecule has 0 bridgehead atoms. The van der Waals surface area contributed by atoms with Crippen molar-refractivity contribution in [2.75, 3.05) is 0 Å². The van der Waals surface area contributed by atoms with Gasteiger partial charge in [-0.05, 0) is 51.0 Å². The summed E-state index contributed by atoms with van der Waals surface area (Å²) in [5, 5.41) is 14.6. The Morgan fingerprint density at radius 1 is 1.28 bits per heavy atom. The van der Waals surface area contributed by atoms with E-state index in [2.05, 4.69) is 5.10 Å². The molecule has 18 heavy (non-hydrogen) atoms. The van der Waals surface area contributed by atoms with Crippen molar-refractivity contribution < 1.29 is 5.11 Å². The zero-order valence-corrected chi connectivity index (χ0v) is 11.8. The van der Waals surface area contributed by atoms with Crippen LogP contribution in [0, 0.1) is 20.8 Å². The van der Waals surface area contributed by atoms with Crippen molar-refractivity contribution in [3.63, 3.8) is 0 Å². The van der Waals surface area contributed by atoms with E-state index in [1.54, 1.807) is 13.0 Å². The van der Waals surface area contributed by atoms with Crippen LogP contribution in [0.4, 0.5) is 0 Å². The van der Waals surface area contributed by atoms with Gasteiger partial charge in [-0.15, -0.1) is 0 Å². The summed E-state index contributed by atoms with van der Waals surface area (Å²) >= 11 is 6.27. The van der Waals surface area contributed by atoms with E-state index in [-0.39, 0.29) is 0 Å². The van der Waals surface area contributed by atoms with E-state index in [4.69, 9.17) is 11.6 Å². The summed E-state index contributed by atoms with van der Waals surface area (Å²) in [6.45, 7) is 7.77. The molecular weight excluding hydrogens is 248 g/mol. The molecule has 3 nitrogen and oxygen atoms in total. The van der Waals surface area contributed by atoms with Gasteiger partial charge < -0.3 is 5.11 Å². The molecule has 1 aromatic heterocycles. The molecule has 0 amide bonds. The zero-order chi connectivity index (χ0) is 13.4. The molecule has 0 saturated carbocycles. The van der Waals surface area contributed by atoms with Gasteiger partial charge in [-0.2, -0.15) is 5.10 Å². The topological polar surface area (TPSA) is 38.0 Å². The van der Waals surface area contributed by atoms with Crippen LogP contribution in [0.5, 0.6) is 0 Å². The predicted molar refractivity (Wildman–Crippen MR) is 73.4 cm³/mol. The van der Waals surface area contributed by atoms with Crippen molar-refractivity contribution in [1.82, 2.24) is 9.78 Å². The molecule has 0 radical (unpaired) electrons. The Labute approximate surface area is 112 Å². The highest BCUT2D eigenvalue weighted by Gasteiger charge is 2.12. The predicted octanol–water partition coefficient (Wildman–Crippen LogP) is 3.50. The third-order valence-electron chi connectivity index (χ3n) is 3.34. The van der Waals surface area contributed by atoms with Crippen molar-refractivity contribution in [3.8, 4) is 5.69 Å². The average Bonchev–Trinajstić information content (AvgIpc) is 2.57. The fourth-order valence-corrected chi connectivity index (χ4v) is 2.18. The summed E-state index contributed by atoms with van der Waals surface area (Å²) in [6, 6.07) is 5.55. The van der Waals surface area contributed by atoms with Gasteiger partial charge in [-0.3, -0.25) is 0 Å². The number of aliphatic hydroxyl groups is 1. The number of rotatable bonds is 2. The van der Waals surface area contributed by atoms with Crippen LogP contribution in [0.1, 0.15) is 35.5 Å². The first-order chi connectivity index (χ1) is 8.41. The third kappa shape index (κ3) is 2.16. The van der Waals surface area contributed by atoms with Gasteiger partial charge in [0.1, 0.15) is 0 Å². The minimum atomic E-state index is -0.515. The van der Waals surface area contributed by atoms with Crippen LogP contribution in [-0.4, -0.2) is 14.9 Å². The lowest BCUT2D eigenvalue weighted by atomic mass is 10.1. The van der Waals surface area contributed by atoms with Gasteiger partial charge in [-0.1, -0.05) is 17.7 Å². The van der Waals surface area contributed by atoms with Gasteiger partial charge in [-0.25, -0.2) is 4.68 Å². The highest BCUT2D eigenvalue weighted by Crippen LogP contribution is 2.26. The second kappa shape index (κ2) is 4.75. The van der Waals surface area contributed by atoms with Crippen LogP contribution < -0.4 is 0 Å². The Hall–Kier alpha value is -1.32. The fraction of sp³-hybridized carbons (Fsp3) is 0.357. The second-order valence-corrected chi connectivity index (χ2v) is 5.00. The SMILES string of the molecule is Cc1nn(-c2ccc(C(C)O)cc2Cl)c(C)c1C. The third-order valence-corrected chi connectivity index (χ3v) is 3.64. The van der Waals surface area contributed by atoms with Gasteiger partial charge in [0.2, 0.25) is 0 Å². The minimum absolute atomic E-state index is 0.515. The highest BCUT2D eigenvalue weighted by atomic mass is 35.5. The summed E-state index contributed by atoms with van der Waals surface area (Å²) in [7, 11) is 0. The number of nitrogens with zero attached hydrogens (tertiary/aromatic N) is 2. The van der Waals surface area contributed by atoms with Crippen LogP contribution >= 0.6 is 11.6 Å². The van der Waals surface area contributed by atoms with Gasteiger partial charge in [0, 0.05) is 5.69 Å². The van der Waals surface area contributed by atoms with Crippen molar-refractivity contribution >= 4 is 11.6 Å². The lowest BCUT2D eigenvalue weighted by Crippen LogP contribution is -2.01. The monoisotopic (exact) mass is 264 g/mol. The van der Waals surface area contributed by atoms with Gasteiger partial charge in [0.05, 0.1) is 22.5 Å². The number of aryl methyl sites for hydroxylation is 1. The molecule has 0 aliphatic heterocycles. The summed E-state index contributed by atoms with van der Waals surface area (Å²) in [5.41, 5.74) is 4.91. The molecule has 2 aromatic rings. The number of aromatic nitrogens is 2. The van der Waals surface area contributed by atoms with Crippen molar-refractivity contribution in [2.24, 2.45) is 0 Å². The highest BCUT2D eigenvalue weighted by molar-refractivity contribution is 6.32. The van der Waals surface area contributed by atoms with E-state index in [1.165, 1.54) is 5.56 Å². The lowest BCUT2D eigenvalue weighted by Gasteiger charge is -2.10. The molecule has 0 aliphatic carbocycles. The van der Waals surface area contributed by atoms with E-state index in [0.717, 1.165) is 22.6 Å². The Bertz CT molecular complexity index is 588. The van der Waals surface area contributed by atoms with Crippen LogP contribution in [-0.2, 0) is 0 Å². The number of hydrogen-bond acceptors (Lipinski definition) is 2. The normalized spacial score (nSPS) is 12.8. The Morgan fingerprint density at radius 2 is 1.94 bits per heavy atom. The number of hydrogen-bond donors (Lipinski definition) is 1. The molecule has 1 atom stereocenters. The van der Waals surface area contributed by atoms with Gasteiger partial charge in [0.25, 0.3) is 0 Å². The molecule has 0 fully saturated rings. The molecule has 2 rings (SSSR count). The lowest BCUT2D eigenvalue weighted by molar-refractivity contribution is 0.199.